The van der Waals surface area contributed by atoms with E-state index in [4.69, 9.17) is 4.74 Å². The van der Waals surface area contributed by atoms with Gasteiger partial charge in [0, 0.05) is 17.4 Å². The summed E-state index contributed by atoms with van der Waals surface area (Å²) in [5, 5.41) is 2.37. The van der Waals surface area contributed by atoms with Gasteiger partial charge in [0.15, 0.2) is 6.10 Å². The molecule has 1 aliphatic rings. The lowest BCUT2D eigenvalue weighted by Gasteiger charge is -2.20. The van der Waals surface area contributed by atoms with Gasteiger partial charge in [-0.2, -0.15) is 0 Å². The zero-order chi connectivity index (χ0) is 18.4. The summed E-state index contributed by atoms with van der Waals surface area (Å²) in [4.78, 5) is 37.3. The summed E-state index contributed by atoms with van der Waals surface area (Å²) in [5.41, 5.74) is -0.00112. The largest absolute Gasteiger partial charge is 0.451 e. The van der Waals surface area contributed by atoms with Crippen molar-refractivity contribution in [1.29, 1.82) is 0 Å². The highest BCUT2D eigenvalue weighted by molar-refractivity contribution is 9.10. The van der Waals surface area contributed by atoms with E-state index < -0.39 is 23.8 Å². The number of hydrogen-bond acceptors (Lipinski definition) is 4. The summed E-state index contributed by atoms with van der Waals surface area (Å²) in [6, 6.07) is 4.21. The second-order valence-electron chi connectivity index (χ2n) is 5.87. The van der Waals surface area contributed by atoms with Crippen molar-refractivity contribution in [3.05, 3.63) is 28.5 Å². The molecule has 1 heterocycles. The van der Waals surface area contributed by atoms with E-state index in [1.54, 1.807) is 6.07 Å². The van der Waals surface area contributed by atoms with Crippen LogP contribution in [0, 0.1) is 5.82 Å². The van der Waals surface area contributed by atoms with Gasteiger partial charge >= 0.3 is 5.97 Å². The third kappa shape index (κ3) is 5.81. The van der Waals surface area contributed by atoms with Crippen molar-refractivity contribution >= 4 is 39.4 Å². The van der Waals surface area contributed by atoms with Crippen LogP contribution in [0.3, 0.4) is 0 Å². The molecule has 1 aromatic rings. The van der Waals surface area contributed by atoms with Gasteiger partial charge in [-0.15, -0.1) is 0 Å². The Morgan fingerprint density at radius 1 is 1.36 bits per heavy atom. The molecule has 0 radical (unpaired) electrons. The fraction of sp³-hybridized carbons (Fsp3) is 0.471. The van der Waals surface area contributed by atoms with Gasteiger partial charge in [-0.3, -0.25) is 14.4 Å². The Bertz CT molecular complexity index is 668. The smallest absolute Gasteiger partial charge is 0.326 e. The molecule has 0 aliphatic carbocycles. The van der Waals surface area contributed by atoms with Crippen LogP contribution in [0.1, 0.15) is 32.6 Å². The molecule has 0 spiro atoms. The summed E-state index contributed by atoms with van der Waals surface area (Å²) in [7, 11) is 0. The summed E-state index contributed by atoms with van der Waals surface area (Å²) >= 11 is 3.13. The molecule has 6 nitrogen and oxygen atoms in total. The van der Waals surface area contributed by atoms with Gasteiger partial charge in [0.05, 0.1) is 5.69 Å². The number of nitrogens with zero attached hydrogens (tertiary/aromatic N) is 1. The minimum absolute atomic E-state index is 0.00112. The molecule has 0 saturated carbocycles. The Morgan fingerprint density at radius 2 is 2.12 bits per heavy atom. The van der Waals surface area contributed by atoms with Gasteiger partial charge in [0.2, 0.25) is 5.91 Å². The number of ether oxygens (including phenoxy) is 1. The lowest BCUT2D eigenvalue weighted by Crippen LogP contribution is -2.38. The van der Waals surface area contributed by atoms with Crippen LogP contribution in [0.4, 0.5) is 10.1 Å². The molecule has 1 N–H and O–H groups in total. The molecule has 1 aliphatic heterocycles. The molecule has 0 unspecified atom stereocenters. The molecule has 8 heteroatoms. The molecule has 1 atom stereocenters. The number of likely N-dealkylation sites (tertiary alicyclic amines) is 1. The van der Waals surface area contributed by atoms with E-state index in [1.807, 2.05) is 0 Å². The second kappa shape index (κ2) is 8.94. The molecule has 0 bridgehead atoms. The number of rotatable bonds is 5. The van der Waals surface area contributed by atoms with Crippen LogP contribution in [0.2, 0.25) is 0 Å². The van der Waals surface area contributed by atoms with Crippen molar-refractivity contribution in [1.82, 2.24) is 4.90 Å². The first kappa shape index (κ1) is 19.4. The van der Waals surface area contributed by atoms with E-state index in [-0.39, 0.29) is 18.1 Å². The summed E-state index contributed by atoms with van der Waals surface area (Å²) < 4.78 is 19.3. The first-order valence-corrected chi connectivity index (χ1v) is 8.89. The Hall–Kier alpha value is -1.96. The van der Waals surface area contributed by atoms with E-state index in [9.17, 15) is 18.8 Å². The zero-order valence-corrected chi connectivity index (χ0v) is 15.5. The van der Waals surface area contributed by atoms with Crippen molar-refractivity contribution in [2.45, 2.75) is 38.7 Å². The minimum Gasteiger partial charge on any atom is -0.451 e. The third-order valence-corrected chi connectivity index (χ3v) is 4.35. The number of halogens is 2. The van der Waals surface area contributed by atoms with Crippen molar-refractivity contribution in [3.8, 4) is 0 Å². The Balaban J connectivity index is 1.87. The van der Waals surface area contributed by atoms with Crippen LogP contribution in [0.15, 0.2) is 22.7 Å². The molecule has 1 fully saturated rings. The summed E-state index contributed by atoms with van der Waals surface area (Å²) in [6.45, 7) is 1.73. The fourth-order valence-corrected chi connectivity index (χ4v) is 2.81. The number of hydrogen-bond donors (Lipinski definition) is 1. The van der Waals surface area contributed by atoms with E-state index in [2.05, 4.69) is 21.2 Å². The molecular weight excluding hydrogens is 395 g/mol. The Labute approximate surface area is 153 Å². The molecule has 0 aromatic heterocycles. The number of benzene rings is 1. The summed E-state index contributed by atoms with van der Waals surface area (Å²) in [5.74, 6) is -1.98. The third-order valence-electron chi connectivity index (χ3n) is 3.86. The molecule has 1 aromatic carbocycles. The predicted molar refractivity (Wildman–Crippen MR) is 93.3 cm³/mol. The maximum Gasteiger partial charge on any atom is 0.326 e. The number of amides is 2. The molecule has 136 valence electrons. The van der Waals surface area contributed by atoms with Crippen molar-refractivity contribution < 1.29 is 23.5 Å². The quantitative estimate of drug-likeness (QED) is 0.751. The zero-order valence-electron chi connectivity index (χ0n) is 13.9. The monoisotopic (exact) mass is 414 g/mol. The second-order valence-corrected chi connectivity index (χ2v) is 6.79. The van der Waals surface area contributed by atoms with Crippen LogP contribution >= 0.6 is 15.9 Å². The number of carbonyl (C=O) groups is 3. The highest BCUT2D eigenvalue weighted by Crippen LogP contribution is 2.19. The van der Waals surface area contributed by atoms with Gasteiger partial charge in [0.25, 0.3) is 5.91 Å². The molecule has 1 saturated heterocycles. The van der Waals surface area contributed by atoms with Gasteiger partial charge in [0.1, 0.15) is 12.4 Å². The highest BCUT2D eigenvalue weighted by atomic mass is 79.9. The molecule has 2 rings (SSSR count). The molecular formula is C17H20BrFN2O4. The number of esters is 1. The van der Waals surface area contributed by atoms with Crippen molar-refractivity contribution in [2.75, 3.05) is 18.4 Å². The number of carbonyl (C=O) groups excluding carboxylic acids is 3. The molecule has 25 heavy (non-hydrogen) atoms. The molecule has 2 amide bonds. The Kier molecular flexibility index (Phi) is 6.92. The number of nitrogens with one attached hydrogen (secondary N) is 1. The lowest BCUT2D eigenvalue weighted by atomic mass is 10.2. The van der Waals surface area contributed by atoms with Crippen molar-refractivity contribution in [2.24, 2.45) is 0 Å². The first-order valence-electron chi connectivity index (χ1n) is 8.10. The van der Waals surface area contributed by atoms with E-state index >= 15 is 0 Å². The average molecular weight is 415 g/mol. The average Bonchev–Trinajstić information content (AvgIpc) is 2.74. The predicted octanol–water partition coefficient (Wildman–Crippen LogP) is 2.86. The first-order chi connectivity index (χ1) is 11.9. The van der Waals surface area contributed by atoms with Crippen LogP contribution in [0.25, 0.3) is 0 Å². The standard InChI is InChI=1S/C17H20BrFN2O4/c1-11(17(24)20-14-7-6-12(18)9-13(14)19)25-16(23)10-21-8-4-2-3-5-15(21)22/h6-7,9,11H,2-5,8,10H2,1H3,(H,20,24)/t11-/m1/s1. The van der Waals surface area contributed by atoms with Crippen molar-refractivity contribution in [3.63, 3.8) is 0 Å². The number of anilines is 1. The Morgan fingerprint density at radius 3 is 2.84 bits per heavy atom. The van der Waals surface area contributed by atoms with Gasteiger partial charge in [-0.25, -0.2) is 4.39 Å². The topological polar surface area (TPSA) is 75.7 Å². The van der Waals surface area contributed by atoms with E-state index in [0.717, 1.165) is 19.3 Å². The van der Waals surface area contributed by atoms with Gasteiger partial charge < -0.3 is 15.0 Å². The SMILES string of the molecule is C[C@@H](OC(=O)CN1CCCCCC1=O)C(=O)Nc1ccc(Br)cc1F. The minimum atomic E-state index is -1.10. The lowest BCUT2D eigenvalue weighted by molar-refractivity contribution is -0.156. The van der Waals surface area contributed by atoms with E-state index in [0.29, 0.717) is 17.4 Å². The normalized spacial score (nSPS) is 16.1. The van der Waals surface area contributed by atoms with Crippen LogP contribution in [-0.2, 0) is 19.1 Å². The fourth-order valence-electron chi connectivity index (χ4n) is 2.47. The van der Waals surface area contributed by atoms with Crippen LogP contribution in [-0.4, -0.2) is 41.9 Å². The van der Waals surface area contributed by atoms with Crippen LogP contribution in [0.5, 0.6) is 0 Å². The van der Waals surface area contributed by atoms with Crippen LogP contribution < -0.4 is 5.32 Å². The maximum absolute atomic E-state index is 13.7. The van der Waals surface area contributed by atoms with Gasteiger partial charge in [-0.1, -0.05) is 22.4 Å². The van der Waals surface area contributed by atoms with E-state index in [1.165, 1.54) is 24.0 Å². The highest BCUT2D eigenvalue weighted by Gasteiger charge is 2.23. The summed E-state index contributed by atoms with van der Waals surface area (Å²) in [6.07, 6.45) is 1.94. The van der Waals surface area contributed by atoms with Gasteiger partial charge in [-0.05, 0) is 38.0 Å². The maximum atomic E-state index is 13.7.